The Labute approximate surface area is 112 Å². The van der Waals surface area contributed by atoms with Gasteiger partial charge in [0.1, 0.15) is 0 Å². The summed E-state index contributed by atoms with van der Waals surface area (Å²) < 4.78 is 0. The van der Waals surface area contributed by atoms with Gasteiger partial charge in [0, 0.05) is 32.7 Å². The van der Waals surface area contributed by atoms with Crippen molar-refractivity contribution >= 4 is 0 Å². The van der Waals surface area contributed by atoms with Crippen molar-refractivity contribution in [1.29, 1.82) is 5.26 Å². The van der Waals surface area contributed by atoms with Gasteiger partial charge in [-0.3, -0.25) is 4.90 Å². The third-order valence-electron chi connectivity index (χ3n) is 4.74. The first-order valence-corrected chi connectivity index (χ1v) is 7.63. The van der Waals surface area contributed by atoms with E-state index in [9.17, 15) is 0 Å². The number of piperazine rings is 1. The maximum Gasteiger partial charge on any atom is 0.0866 e. The van der Waals surface area contributed by atoms with Crippen molar-refractivity contribution < 1.29 is 0 Å². The molecule has 1 saturated carbocycles. The van der Waals surface area contributed by atoms with Gasteiger partial charge in [-0.2, -0.15) is 5.26 Å². The van der Waals surface area contributed by atoms with Gasteiger partial charge in [-0.25, -0.2) is 0 Å². The molecular weight excluding hydrogens is 222 g/mol. The molecule has 0 N–H and O–H groups in total. The van der Waals surface area contributed by atoms with E-state index in [2.05, 4.69) is 22.8 Å². The van der Waals surface area contributed by atoms with Gasteiger partial charge in [0.15, 0.2) is 0 Å². The Bertz CT molecular complexity index is 276. The van der Waals surface area contributed by atoms with E-state index in [1.165, 1.54) is 38.6 Å². The number of rotatable bonds is 4. The predicted molar refractivity (Wildman–Crippen MR) is 74.2 cm³/mol. The summed E-state index contributed by atoms with van der Waals surface area (Å²) >= 11 is 0. The molecule has 1 saturated heterocycles. The lowest BCUT2D eigenvalue weighted by atomic mass is 9.80. The molecule has 1 aliphatic heterocycles. The molecule has 2 fully saturated rings. The van der Waals surface area contributed by atoms with Crippen molar-refractivity contribution in [3.05, 3.63) is 0 Å². The number of nitriles is 1. The number of hydrogen-bond donors (Lipinski definition) is 0. The molecule has 1 aliphatic carbocycles. The van der Waals surface area contributed by atoms with Crippen LogP contribution in [0.4, 0.5) is 0 Å². The second-order valence-corrected chi connectivity index (χ2v) is 6.04. The van der Waals surface area contributed by atoms with Gasteiger partial charge in [-0.05, 0) is 24.7 Å². The first-order valence-electron chi connectivity index (χ1n) is 7.63. The highest BCUT2D eigenvalue weighted by atomic mass is 15.3. The van der Waals surface area contributed by atoms with Crippen LogP contribution >= 0.6 is 0 Å². The lowest BCUT2D eigenvalue weighted by molar-refractivity contribution is 0.109. The fraction of sp³-hybridized carbons (Fsp3) is 0.933. The standard InChI is InChI=1S/C15H27N3/c1-2-14-4-3-5-15(12-14)13-18-10-8-17(7-6-16)9-11-18/h14-15H,2-5,7-13H2,1H3. The van der Waals surface area contributed by atoms with Crippen LogP contribution < -0.4 is 0 Å². The Kier molecular flexibility index (Phi) is 5.46. The minimum atomic E-state index is 0.606. The molecule has 3 heteroatoms. The Morgan fingerprint density at radius 1 is 1.06 bits per heavy atom. The third-order valence-corrected chi connectivity index (χ3v) is 4.74. The highest BCUT2D eigenvalue weighted by Gasteiger charge is 2.24. The summed E-state index contributed by atoms with van der Waals surface area (Å²) in [5.41, 5.74) is 0. The second-order valence-electron chi connectivity index (χ2n) is 6.04. The largest absolute Gasteiger partial charge is 0.301 e. The lowest BCUT2D eigenvalue weighted by Gasteiger charge is -2.37. The quantitative estimate of drug-likeness (QED) is 0.716. The zero-order chi connectivity index (χ0) is 12.8. The van der Waals surface area contributed by atoms with Gasteiger partial charge < -0.3 is 4.90 Å². The molecule has 3 nitrogen and oxygen atoms in total. The zero-order valence-electron chi connectivity index (χ0n) is 11.8. The molecule has 2 unspecified atom stereocenters. The average molecular weight is 249 g/mol. The van der Waals surface area contributed by atoms with Crippen molar-refractivity contribution in [2.24, 2.45) is 11.8 Å². The molecule has 0 aromatic rings. The fourth-order valence-corrected chi connectivity index (χ4v) is 3.53. The summed E-state index contributed by atoms with van der Waals surface area (Å²) in [6, 6.07) is 2.25. The van der Waals surface area contributed by atoms with E-state index < -0.39 is 0 Å². The lowest BCUT2D eigenvalue weighted by Crippen LogP contribution is -2.48. The molecule has 1 heterocycles. The Morgan fingerprint density at radius 3 is 2.39 bits per heavy atom. The Balaban J connectivity index is 1.69. The molecule has 0 radical (unpaired) electrons. The van der Waals surface area contributed by atoms with Gasteiger partial charge in [0.2, 0.25) is 0 Å². The van der Waals surface area contributed by atoms with Crippen molar-refractivity contribution in [1.82, 2.24) is 9.80 Å². The zero-order valence-corrected chi connectivity index (χ0v) is 11.8. The van der Waals surface area contributed by atoms with Crippen molar-refractivity contribution in [2.45, 2.75) is 39.0 Å². The molecule has 102 valence electrons. The molecule has 2 aliphatic rings. The van der Waals surface area contributed by atoms with Crippen LogP contribution in [0.5, 0.6) is 0 Å². The SMILES string of the molecule is CCC1CCCC(CN2CCN(CC#N)CC2)C1. The molecule has 0 amide bonds. The third kappa shape index (κ3) is 3.96. The van der Waals surface area contributed by atoms with Crippen LogP contribution in [-0.2, 0) is 0 Å². The van der Waals surface area contributed by atoms with E-state index in [-0.39, 0.29) is 0 Å². The maximum atomic E-state index is 8.70. The average Bonchev–Trinajstić information content (AvgIpc) is 2.42. The van der Waals surface area contributed by atoms with E-state index in [4.69, 9.17) is 5.26 Å². The van der Waals surface area contributed by atoms with Crippen LogP contribution in [0, 0.1) is 23.2 Å². The van der Waals surface area contributed by atoms with Crippen LogP contribution in [-0.4, -0.2) is 49.1 Å². The maximum absolute atomic E-state index is 8.70. The van der Waals surface area contributed by atoms with Crippen molar-refractivity contribution in [2.75, 3.05) is 39.3 Å². The molecular formula is C15H27N3. The van der Waals surface area contributed by atoms with E-state index in [1.807, 2.05) is 0 Å². The molecule has 18 heavy (non-hydrogen) atoms. The molecule has 2 atom stereocenters. The van der Waals surface area contributed by atoms with Crippen LogP contribution in [0.15, 0.2) is 0 Å². The summed E-state index contributed by atoms with van der Waals surface area (Å²) in [5.74, 6) is 1.93. The highest BCUT2D eigenvalue weighted by Crippen LogP contribution is 2.31. The van der Waals surface area contributed by atoms with Gasteiger partial charge in [0.05, 0.1) is 12.6 Å². The van der Waals surface area contributed by atoms with E-state index in [0.29, 0.717) is 6.54 Å². The smallest absolute Gasteiger partial charge is 0.0866 e. The Hall–Kier alpha value is -0.590. The summed E-state index contributed by atoms with van der Waals surface area (Å²) in [4.78, 5) is 4.89. The Morgan fingerprint density at radius 2 is 1.72 bits per heavy atom. The summed E-state index contributed by atoms with van der Waals surface area (Å²) in [6.07, 6.45) is 7.16. The summed E-state index contributed by atoms with van der Waals surface area (Å²) in [6.45, 7) is 8.73. The summed E-state index contributed by atoms with van der Waals surface area (Å²) in [7, 11) is 0. The predicted octanol–water partition coefficient (Wildman–Crippen LogP) is 2.34. The first kappa shape index (κ1) is 13.8. The fourth-order valence-electron chi connectivity index (χ4n) is 3.53. The molecule has 0 aromatic carbocycles. The van der Waals surface area contributed by atoms with E-state index in [0.717, 1.165) is 38.0 Å². The van der Waals surface area contributed by atoms with Crippen LogP contribution in [0.3, 0.4) is 0 Å². The molecule has 0 bridgehead atoms. The van der Waals surface area contributed by atoms with Crippen LogP contribution in [0.1, 0.15) is 39.0 Å². The van der Waals surface area contributed by atoms with E-state index in [1.54, 1.807) is 0 Å². The van der Waals surface area contributed by atoms with Gasteiger partial charge in [-0.15, -0.1) is 0 Å². The van der Waals surface area contributed by atoms with Crippen molar-refractivity contribution in [3.63, 3.8) is 0 Å². The summed E-state index contributed by atoms with van der Waals surface area (Å²) in [5, 5.41) is 8.70. The van der Waals surface area contributed by atoms with E-state index >= 15 is 0 Å². The van der Waals surface area contributed by atoms with Crippen LogP contribution in [0.2, 0.25) is 0 Å². The minimum absolute atomic E-state index is 0.606. The first-order chi connectivity index (χ1) is 8.81. The number of nitrogens with zero attached hydrogens (tertiary/aromatic N) is 3. The molecule has 0 spiro atoms. The molecule has 2 rings (SSSR count). The van der Waals surface area contributed by atoms with Gasteiger partial charge in [-0.1, -0.05) is 26.2 Å². The van der Waals surface area contributed by atoms with Crippen molar-refractivity contribution in [3.8, 4) is 6.07 Å². The topological polar surface area (TPSA) is 30.3 Å². The second kappa shape index (κ2) is 7.11. The highest BCUT2D eigenvalue weighted by molar-refractivity contribution is 4.82. The molecule has 0 aromatic heterocycles. The van der Waals surface area contributed by atoms with Gasteiger partial charge >= 0.3 is 0 Å². The normalized spacial score (nSPS) is 31.1. The van der Waals surface area contributed by atoms with Crippen LogP contribution in [0.25, 0.3) is 0 Å². The van der Waals surface area contributed by atoms with Gasteiger partial charge in [0.25, 0.3) is 0 Å². The number of hydrogen-bond acceptors (Lipinski definition) is 3. The monoisotopic (exact) mass is 249 g/mol. The minimum Gasteiger partial charge on any atom is -0.301 e.